The minimum absolute atomic E-state index is 0.177. The van der Waals surface area contributed by atoms with Crippen molar-refractivity contribution in [1.29, 1.82) is 0 Å². The van der Waals surface area contributed by atoms with Gasteiger partial charge in [0.1, 0.15) is 13.2 Å². The van der Waals surface area contributed by atoms with Crippen LogP contribution >= 0.6 is 0 Å². The smallest absolute Gasteiger partial charge is 0.330 e. The van der Waals surface area contributed by atoms with Gasteiger partial charge in [-0.3, -0.25) is 4.79 Å². The van der Waals surface area contributed by atoms with Gasteiger partial charge in [-0.15, -0.1) is 0 Å². The van der Waals surface area contributed by atoms with Gasteiger partial charge in [-0.05, 0) is 70.6 Å². The lowest BCUT2D eigenvalue weighted by Gasteiger charge is -2.17. The first-order chi connectivity index (χ1) is 33.0. The maximum absolute atomic E-state index is 12.8. The van der Waals surface area contributed by atoms with Gasteiger partial charge in [0.15, 0.2) is 6.10 Å². The third-order valence-electron chi connectivity index (χ3n) is 11.7. The monoisotopic (exact) mass is 931 g/mol. The Morgan fingerprint density at radius 3 is 0.970 bits per heavy atom. The summed E-state index contributed by atoms with van der Waals surface area (Å²) in [6.45, 7) is 6.33. The zero-order chi connectivity index (χ0) is 48.6. The molecule has 0 aromatic carbocycles. The average Bonchev–Trinajstić information content (AvgIpc) is 3.33. The summed E-state index contributed by atoms with van der Waals surface area (Å²) in [5, 5.41) is 0. The molecule has 0 rings (SSSR count). The minimum Gasteiger partial charge on any atom is -0.458 e. The number of carbonyl (C=O) groups excluding carboxylic acids is 3. The Morgan fingerprint density at radius 2 is 0.642 bits per heavy atom. The first-order valence-electron chi connectivity index (χ1n) is 27.8. The Hall–Kier alpha value is -3.67. The molecule has 0 unspecified atom stereocenters. The van der Waals surface area contributed by atoms with Gasteiger partial charge in [0, 0.05) is 18.6 Å². The Bertz CT molecular complexity index is 1290. The Labute approximate surface area is 413 Å². The number of hydrogen-bond acceptors (Lipinski definition) is 6. The summed E-state index contributed by atoms with van der Waals surface area (Å²) in [7, 11) is 0. The first-order valence-corrected chi connectivity index (χ1v) is 27.8. The zero-order valence-electron chi connectivity index (χ0n) is 43.6. The molecule has 0 amide bonds. The topological polar surface area (TPSA) is 78.9 Å². The highest BCUT2D eigenvalue weighted by Gasteiger charge is 2.18. The van der Waals surface area contributed by atoms with Gasteiger partial charge in [0.05, 0.1) is 0 Å². The van der Waals surface area contributed by atoms with Crippen molar-refractivity contribution in [3.05, 3.63) is 97.2 Å². The number of allylic oxidation sites excluding steroid dienone is 14. The van der Waals surface area contributed by atoms with Crippen molar-refractivity contribution in [3.63, 3.8) is 0 Å². The fraction of sp³-hybridized carbons (Fsp3) is 0.689. The van der Waals surface area contributed by atoms with Gasteiger partial charge >= 0.3 is 17.9 Å². The number of carbonyl (C=O) groups is 3. The van der Waals surface area contributed by atoms with Crippen molar-refractivity contribution in [1.82, 2.24) is 0 Å². The van der Waals surface area contributed by atoms with Crippen LogP contribution in [0.5, 0.6) is 0 Å². The molecule has 0 aliphatic carbocycles. The summed E-state index contributed by atoms with van der Waals surface area (Å²) in [4.78, 5) is 37.9. The molecule has 382 valence electrons. The summed E-state index contributed by atoms with van der Waals surface area (Å²) in [6.07, 6.45) is 73.5. The van der Waals surface area contributed by atoms with E-state index in [1.807, 2.05) is 24.3 Å². The molecule has 0 aromatic rings. The summed E-state index contributed by atoms with van der Waals surface area (Å²) in [5.41, 5.74) is 0. The standard InChI is InChI=1S/C61H102O6/c1-4-7-10-13-16-19-22-25-28-29-30-31-34-37-40-43-46-49-52-55-61(64)67-58(56-65-59(62)53-50-47-44-41-38-35-32-26-23-20-17-14-11-8-5-2)57-66-60(63)54-51-48-45-42-39-36-33-27-24-21-18-15-12-9-6-3/h7,10,16,19,25,28,30-31,37,40,46,49-51,53-54,58H,4-6,8-9,11-15,17-18,20-24,26-27,29,32-36,38-39,41-45,47-48,52,55-57H2,1-3H3/b10-7+,19-16+,28-25+,31-30+,40-37+,49-46+,53-50+,54-51+. The second-order valence-electron chi connectivity index (χ2n) is 18.2. The summed E-state index contributed by atoms with van der Waals surface area (Å²) in [5.74, 6) is -1.40. The van der Waals surface area contributed by atoms with Crippen LogP contribution in [0.15, 0.2) is 97.2 Å². The van der Waals surface area contributed by atoms with E-state index in [0.29, 0.717) is 6.42 Å². The number of unbranched alkanes of at least 4 members (excludes halogenated alkanes) is 26. The molecular formula is C61H102O6. The second-order valence-corrected chi connectivity index (χ2v) is 18.2. The maximum Gasteiger partial charge on any atom is 0.330 e. The number of hydrogen-bond donors (Lipinski definition) is 0. The van der Waals surface area contributed by atoms with E-state index in [1.165, 1.54) is 153 Å². The quantitative estimate of drug-likeness (QED) is 0.0199. The molecule has 0 N–H and O–H groups in total. The predicted molar refractivity (Wildman–Crippen MR) is 288 cm³/mol. The molecule has 6 nitrogen and oxygen atoms in total. The van der Waals surface area contributed by atoms with Crippen molar-refractivity contribution < 1.29 is 28.6 Å². The van der Waals surface area contributed by atoms with E-state index in [2.05, 4.69) is 81.5 Å². The Morgan fingerprint density at radius 1 is 0.343 bits per heavy atom. The van der Waals surface area contributed by atoms with Crippen molar-refractivity contribution in [2.45, 2.75) is 258 Å². The van der Waals surface area contributed by atoms with Gasteiger partial charge < -0.3 is 14.2 Å². The lowest BCUT2D eigenvalue weighted by Crippen LogP contribution is -2.30. The third-order valence-corrected chi connectivity index (χ3v) is 11.7. The first kappa shape index (κ1) is 63.3. The van der Waals surface area contributed by atoms with Gasteiger partial charge in [-0.2, -0.15) is 0 Å². The number of rotatable bonds is 49. The van der Waals surface area contributed by atoms with E-state index in [1.54, 1.807) is 0 Å². The van der Waals surface area contributed by atoms with Crippen LogP contribution in [0.3, 0.4) is 0 Å². The summed E-state index contributed by atoms with van der Waals surface area (Å²) < 4.78 is 16.5. The van der Waals surface area contributed by atoms with Gasteiger partial charge in [0.2, 0.25) is 0 Å². The molecule has 0 bridgehead atoms. The zero-order valence-corrected chi connectivity index (χ0v) is 43.6. The van der Waals surface area contributed by atoms with Crippen molar-refractivity contribution in [2.75, 3.05) is 13.2 Å². The van der Waals surface area contributed by atoms with Crippen LogP contribution in [-0.2, 0) is 28.6 Å². The Kier molecular flexibility index (Phi) is 51.9. The molecule has 0 radical (unpaired) electrons. The van der Waals surface area contributed by atoms with Crippen molar-refractivity contribution >= 4 is 17.9 Å². The number of esters is 3. The Balaban J connectivity index is 4.59. The van der Waals surface area contributed by atoms with Crippen molar-refractivity contribution in [2.24, 2.45) is 0 Å². The molecule has 0 fully saturated rings. The molecular weight excluding hydrogens is 829 g/mol. The molecule has 0 aliphatic rings. The van der Waals surface area contributed by atoms with E-state index < -0.39 is 24.0 Å². The third kappa shape index (κ3) is 53.2. The molecule has 0 saturated heterocycles. The molecule has 6 heteroatoms. The van der Waals surface area contributed by atoms with Crippen LogP contribution in [0.1, 0.15) is 252 Å². The largest absolute Gasteiger partial charge is 0.458 e. The molecule has 0 aromatic heterocycles. The maximum atomic E-state index is 12.8. The molecule has 0 atom stereocenters. The molecule has 0 spiro atoms. The highest BCUT2D eigenvalue weighted by molar-refractivity contribution is 5.82. The van der Waals surface area contributed by atoms with Gasteiger partial charge in [-0.25, -0.2) is 9.59 Å². The van der Waals surface area contributed by atoms with Crippen LogP contribution in [0.2, 0.25) is 0 Å². The SMILES string of the molecule is CC/C=C/C/C=C/C/C=C/C/C=C/C/C=C/C/C=C/CCC(=O)OC(COC(=O)/C=C/CCCCCCCCCCCCCCC)COC(=O)/C=C/CCCCCCCCCCCCCCC. The van der Waals surface area contributed by atoms with E-state index in [4.69, 9.17) is 14.2 Å². The van der Waals surface area contributed by atoms with Crippen LogP contribution in [0, 0.1) is 0 Å². The molecule has 0 saturated carbocycles. The summed E-state index contributed by atoms with van der Waals surface area (Å²) in [6, 6.07) is 0. The van der Waals surface area contributed by atoms with E-state index >= 15 is 0 Å². The second kappa shape index (κ2) is 54.9. The van der Waals surface area contributed by atoms with Crippen molar-refractivity contribution in [3.8, 4) is 0 Å². The highest BCUT2D eigenvalue weighted by Crippen LogP contribution is 2.15. The lowest BCUT2D eigenvalue weighted by atomic mass is 10.0. The molecule has 0 heterocycles. The molecule has 0 aliphatic heterocycles. The summed E-state index contributed by atoms with van der Waals surface area (Å²) >= 11 is 0. The van der Waals surface area contributed by atoms with Crippen LogP contribution in [0.25, 0.3) is 0 Å². The highest BCUT2D eigenvalue weighted by atomic mass is 16.6. The van der Waals surface area contributed by atoms with Gasteiger partial charge in [0.25, 0.3) is 0 Å². The lowest BCUT2D eigenvalue weighted by molar-refractivity contribution is -0.163. The normalized spacial score (nSPS) is 12.4. The molecule has 67 heavy (non-hydrogen) atoms. The van der Waals surface area contributed by atoms with E-state index in [0.717, 1.165) is 77.0 Å². The average molecular weight is 931 g/mol. The van der Waals surface area contributed by atoms with Crippen LogP contribution in [-0.4, -0.2) is 37.2 Å². The van der Waals surface area contributed by atoms with Crippen LogP contribution < -0.4 is 0 Å². The van der Waals surface area contributed by atoms with Gasteiger partial charge in [-0.1, -0.05) is 260 Å². The number of ether oxygens (including phenoxy) is 3. The fourth-order valence-electron chi connectivity index (χ4n) is 7.57. The fourth-order valence-corrected chi connectivity index (χ4v) is 7.57. The van der Waals surface area contributed by atoms with E-state index in [-0.39, 0.29) is 19.6 Å². The predicted octanol–water partition coefficient (Wildman–Crippen LogP) is 18.5. The minimum atomic E-state index is -0.880. The van der Waals surface area contributed by atoms with Crippen LogP contribution in [0.4, 0.5) is 0 Å². The van der Waals surface area contributed by atoms with E-state index in [9.17, 15) is 14.4 Å².